The van der Waals surface area contributed by atoms with E-state index in [4.69, 9.17) is 21.1 Å². The Hall–Kier alpha value is -1.51. The van der Waals surface area contributed by atoms with Gasteiger partial charge in [0.1, 0.15) is 18.4 Å². The molecule has 2 heterocycles. The Bertz CT molecular complexity index is 475. The number of hydrogen-bond donors (Lipinski definition) is 0. The SMILES string of the molecule is COC1CN(c2nc(Cl)ncc2[N+](=O)[O-])CC1OC. The van der Waals surface area contributed by atoms with Gasteiger partial charge < -0.3 is 14.4 Å². The molecule has 1 fully saturated rings. The van der Waals surface area contributed by atoms with Crippen LogP contribution in [0.25, 0.3) is 0 Å². The molecule has 0 amide bonds. The van der Waals surface area contributed by atoms with Crippen LogP contribution in [0.5, 0.6) is 0 Å². The Balaban J connectivity index is 2.32. The Morgan fingerprint density at radius 3 is 2.47 bits per heavy atom. The van der Waals surface area contributed by atoms with Crippen LogP contribution < -0.4 is 4.90 Å². The molecule has 9 heteroatoms. The number of hydrogen-bond acceptors (Lipinski definition) is 7. The smallest absolute Gasteiger partial charge is 0.329 e. The predicted molar refractivity (Wildman–Crippen MR) is 67.5 cm³/mol. The summed E-state index contributed by atoms with van der Waals surface area (Å²) in [6.07, 6.45) is 0.767. The normalized spacial score (nSPS) is 22.8. The number of methoxy groups -OCH3 is 2. The van der Waals surface area contributed by atoms with Gasteiger partial charge in [-0.05, 0) is 11.6 Å². The van der Waals surface area contributed by atoms with Crippen molar-refractivity contribution in [3.05, 3.63) is 21.6 Å². The summed E-state index contributed by atoms with van der Waals surface area (Å²) in [6, 6.07) is 0. The maximum Gasteiger partial charge on any atom is 0.329 e. The van der Waals surface area contributed by atoms with Crippen molar-refractivity contribution in [2.75, 3.05) is 32.2 Å². The minimum absolute atomic E-state index is 0.0320. The zero-order valence-electron chi connectivity index (χ0n) is 10.4. The summed E-state index contributed by atoms with van der Waals surface area (Å²) < 4.78 is 10.6. The molecule has 0 aliphatic carbocycles. The standard InChI is InChI=1S/C10H13ClN4O4/c1-18-7-4-14(5-8(7)19-2)9-6(15(16)17)3-12-10(11)13-9/h3,7-8H,4-5H2,1-2H3. The van der Waals surface area contributed by atoms with Gasteiger partial charge in [-0.2, -0.15) is 4.98 Å². The molecule has 1 aliphatic rings. The van der Waals surface area contributed by atoms with E-state index in [-0.39, 0.29) is 29.0 Å². The van der Waals surface area contributed by atoms with Gasteiger partial charge in [-0.3, -0.25) is 10.1 Å². The van der Waals surface area contributed by atoms with Crippen LogP contribution >= 0.6 is 11.6 Å². The topological polar surface area (TPSA) is 90.6 Å². The van der Waals surface area contributed by atoms with Crippen molar-refractivity contribution >= 4 is 23.1 Å². The average Bonchev–Trinajstić information content (AvgIpc) is 2.81. The zero-order chi connectivity index (χ0) is 14.0. The van der Waals surface area contributed by atoms with E-state index in [1.807, 2.05) is 0 Å². The van der Waals surface area contributed by atoms with Gasteiger partial charge in [0.25, 0.3) is 0 Å². The molecule has 2 unspecified atom stereocenters. The van der Waals surface area contributed by atoms with Crippen molar-refractivity contribution in [1.29, 1.82) is 0 Å². The second kappa shape index (κ2) is 5.64. The van der Waals surface area contributed by atoms with Crippen molar-refractivity contribution in [3.63, 3.8) is 0 Å². The van der Waals surface area contributed by atoms with Crippen LogP contribution in [-0.2, 0) is 9.47 Å². The minimum atomic E-state index is -0.534. The van der Waals surface area contributed by atoms with Crippen molar-refractivity contribution < 1.29 is 14.4 Å². The number of halogens is 1. The third kappa shape index (κ3) is 2.75. The molecule has 0 bridgehead atoms. The minimum Gasteiger partial charge on any atom is -0.377 e. The molecule has 0 spiro atoms. The highest BCUT2D eigenvalue weighted by Crippen LogP contribution is 2.30. The van der Waals surface area contributed by atoms with Gasteiger partial charge >= 0.3 is 5.69 Å². The Labute approximate surface area is 114 Å². The van der Waals surface area contributed by atoms with Crippen LogP contribution in [0.3, 0.4) is 0 Å². The molecular formula is C10H13ClN4O4. The largest absolute Gasteiger partial charge is 0.377 e. The van der Waals surface area contributed by atoms with E-state index in [9.17, 15) is 10.1 Å². The maximum absolute atomic E-state index is 11.0. The molecule has 2 rings (SSSR count). The van der Waals surface area contributed by atoms with Crippen LogP contribution in [0.15, 0.2) is 6.20 Å². The van der Waals surface area contributed by atoms with E-state index in [1.54, 1.807) is 19.1 Å². The number of nitrogens with zero attached hydrogens (tertiary/aromatic N) is 4. The first-order valence-corrected chi connectivity index (χ1v) is 5.92. The van der Waals surface area contributed by atoms with Crippen LogP contribution in [-0.4, -0.2) is 54.4 Å². The van der Waals surface area contributed by atoms with E-state index >= 15 is 0 Å². The summed E-state index contributed by atoms with van der Waals surface area (Å²) in [5, 5.41) is 11.0. The molecule has 0 saturated carbocycles. The fourth-order valence-corrected chi connectivity index (χ4v) is 2.21. The van der Waals surface area contributed by atoms with Crippen LogP contribution in [0.1, 0.15) is 0 Å². The molecule has 1 aliphatic heterocycles. The molecule has 2 atom stereocenters. The molecule has 8 nitrogen and oxygen atoms in total. The Morgan fingerprint density at radius 1 is 1.42 bits per heavy atom. The van der Waals surface area contributed by atoms with Gasteiger partial charge in [0.2, 0.25) is 11.1 Å². The monoisotopic (exact) mass is 288 g/mol. The lowest BCUT2D eigenvalue weighted by Gasteiger charge is -2.16. The molecule has 0 aromatic carbocycles. The van der Waals surface area contributed by atoms with Crippen LogP contribution in [0.2, 0.25) is 5.28 Å². The highest BCUT2D eigenvalue weighted by molar-refractivity contribution is 6.28. The summed E-state index contributed by atoms with van der Waals surface area (Å²) in [5.41, 5.74) is -0.184. The zero-order valence-corrected chi connectivity index (χ0v) is 11.2. The number of nitro groups is 1. The maximum atomic E-state index is 11.0. The van der Waals surface area contributed by atoms with E-state index < -0.39 is 4.92 Å². The number of anilines is 1. The van der Waals surface area contributed by atoms with E-state index in [0.717, 1.165) is 6.20 Å². The first kappa shape index (κ1) is 13.9. The first-order valence-electron chi connectivity index (χ1n) is 5.54. The molecule has 0 radical (unpaired) electrons. The fraction of sp³-hybridized carbons (Fsp3) is 0.600. The first-order chi connectivity index (χ1) is 9.06. The van der Waals surface area contributed by atoms with Gasteiger partial charge in [0.15, 0.2) is 0 Å². The highest BCUT2D eigenvalue weighted by Gasteiger charge is 2.36. The van der Waals surface area contributed by atoms with Gasteiger partial charge in [0, 0.05) is 27.3 Å². The quantitative estimate of drug-likeness (QED) is 0.461. The van der Waals surface area contributed by atoms with Crippen LogP contribution in [0, 0.1) is 10.1 Å². The molecule has 0 N–H and O–H groups in total. The third-order valence-electron chi connectivity index (χ3n) is 3.04. The molecular weight excluding hydrogens is 276 g/mol. The molecule has 104 valence electrons. The summed E-state index contributed by atoms with van der Waals surface area (Å²) in [7, 11) is 3.14. The number of ether oxygens (including phenoxy) is 2. The number of aromatic nitrogens is 2. The highest BCUT2D eigenvalue weighted by atomic mass is 35.5. The molecule has 19 heavy (non-hydrogen) atoms. The lowest BCUT2D eigenvalue weighted by Crippen LogP contribution is -2.27. The van der Waals surface area contributed by atoms with Crippen LogP contribution in [0.4, 0.5) is 11.5 Å². The van der Waals surface area contributed by atoms with Gasteiger partial charge in [-0.25, -0.2) is 4.98 Å². The lowest BCUT2D eigenvalue weighted by molar-refractivity contribution is -0.384. The fourth-order valence-electron chi connectivity index (χ4n) is 2.08. The van der Waals surface area contributed by atoms with Gasteiger partial charge in [0.05, 0.1) is 4.92 Å². The van der Waals surface area contributed by atoms with E-state index in [2.05, 4.69) is 9.97 Å². The molecule has 1 aromatic rings. The average molecular weight is 289 g/mol. The second-order valence-electron chi connectivity index (χ2n) is 4.06. The lowest BCUT2D eigenvalue weighted by atomic mass is 10.3. The van der Waals surface area contributed by atoms with Gasteiger partial charge in [-0.15, -0.1) is 0 Å². The van der Waals surface area contributed by atoms with E-state index in [1.165, 1.54) is 0 Å². The molecule has 1 saturated heterocycles. The second-order valence-corrected chi connectivity index (χ2v) is 4.40. The Kier molecular flexibility index (Phi) is 4.13. The summed E-state index contributed by atoms with van der Waals surface area (Å²) >= 11 is 5.71. The third-order valence-corrected chi connectivity index (χ3v) is 3.22. The van der Waals surface area contributed by atoms with Crippen molar-refractivity contribution in [3.8, 4) is 0 Å². The molecule has 1 aromatic heterocycles. The van der Waals surface area contributed by atoms with Crippen molar-refractivity contribution in [2.24, 2.45) is 0 Å². The Morgan fingerprint density at radius 2 is 2.00 bits per heavy atom. The van der Waals surface area contributed by atoms with E-state index in [0.29, 0.717) is 13.1 Å². The summed E-state index contributed by atoms with van der Waals surface area (Å²) in [6.45, 7) is 0.895. The summed E-state index contributed by atoms with van der Waals surface area (Å²) in [5.74, 6) is 0.187. The van der Waals surface area contributed by atoms with Crippen molar-refractivity contribution in [2.45, 2.75) is 12.2 Å². The predicted octanol–water partition coefficient (Wildman–Crippen LogP) is 0.888. The van der Waals surface area contributed by atoms with Gasteiger partial charge in [-0.1, -0.05) is 0 Å². The number of rotatable bonds is 4. The summed E-state index contributed by atoms with van der Waals surface area (Å²) in [4.78, 5) is 19.7. The van der Waals surface area contributed by atoms with Crippen molar-refractivity contribution in [1.82, 2.24) is 9.97 Å².